The van der Waals surface area contributed by atoms with E-state index in [-0.39, 0.29) is 5.56 Å². The third kappa shape index (κ3) is 3.20. The third-order valence-electron chi connectivity index (χ3n) is 2.24. The normalized spacial score (nSPS) is 12.2. The summed E-state index contributed by atoms with van der Waals surface area (Å²) in [5, 5.41) is 11.6. The van der Waals surface area contributed by atoms with Crippen molar-refractivity contribution in [3.05, 3.63) is 33.7 Å². The van der Waals surface area contributed by atoms with Crippen molar-refractivity contribution in [2.45, 2.75) is 26.4 Å². The van der Waals surface area contributed by atoms with Gasteiger partial charge in [0.15, 0.2) is 0 Å². The zero-order chi connectivity index (χ0) is 12.1. The molecule has 0 spiro atoms. The predicted molar refractivity (Wildman–Crippen MR) is 60.4 cm³/mol. The van der Waals surface area contributed by atoms with Crippen LogP contribution in [0.5, 0.6) is 0 Å². The predicted octanol–water partition coefficient (Wildman–Crippen LogP) is 0.184. The SMILES string of the molecule is Cc1cc[nH]c(=O)c1C(=O)NCCC(C)O. The number of rotatable bonds is 4. The van der Waals surface area contributed by atoms with Crippen LogP contribution < -0.4 is 10.9 Å². The zero-order valence-electron chi connectivity index (χ0n) is 9.41. The van der Waals surface area contributed by atoms with Gasteiger partial charge in [-0.3, -0.25) is 9.59 Å². The van der Waals surface area contributed by atoms with Gasteiger partial charge in [-0.1, -0.05) is 0 Å². The Hall–Kier alpha value is -1.62. The number of nitrogens with one attached hydrogen (secondary N) is 2. The van der Waals surface area contributed by atoms with Gasteiger partial charge in [0.1, 0.15) is 5.56 Å². The Morgan fingerprint density at radius 1 is 1.62 bits per heavy atom. The van der Waals surface area contributed by atoms with Crippen LogP contribution in [-0.4, -0.2) is 28.6 Å². The van der Waals surface area contributed by atoms with E-state index in [2.05, 4.69) is 10.3 Å². The summed E-state index contributed by atoms with van der Waals surface area (Å²) in [5.41, 5.74) is 0.376. The summed E-state index contributed by atoms with van der Waals surface area (Å²) in [6.45, 7) is 3.70. The fraction of sp³-hybridized carbons (Fsp3) is 0.455. The van der Waals surface area contributed by atoms with E-state index in [0.29, 0.717) is 18.5 Å². The van der Waals surface area contributed by atoms with E-state index < -0.39 is 17.6 Å². The lowest BCUT2D eigenvalue weighted by molar-refractivity contribution is 0.0943. The van der Waals surface area contributed by atoms with Gasteiger partial charge >= 0.3 is 0 Å². The lowest BCUT2D eigenvalue weighted by atomic mass is 10.1. The second-order valence-corrected chi connectivity index (χ2v) is 3.76. The number of carbonyl (C=O) groups is 1. The Kier molecular flexibility index (Phi) is 4.25. The maximum atomic E-state index is 11.7. The first kappa shape index (κ1) is 12.4. The Balaban J connectivity index is 2.70. The van der Waals surface area contributed by atoms with Crippen molar-refractivity contribution in [3.63, 3.8) is 0 Å². The van der Waals surface area contributed by atoms with Gasteiger partial charge in [-0.25, -0.2) is 0 Å². The highest BCUT2D eigenvalue weighted by molar-refractivity contribution is 5.95. The van der Waals surface area contributed by atoms with Crippen LogP contribution in [0.3, 0.4) is 0 Å². The highest BCUT2D eigenvalue weighted by Gasteiger charge is 2.12. The number of hydrogen-bond donors (Lipinski definition) is 3. The maximum absolute atomic E-state index is 11.7. The number of aromatic amines is 1. The summed E-state index contributed by atoms with van der Waals surface area (Å²) in [6, 6.07) is 1.67. The van der Waals surface area contributed by atoms with Gasteiger partial charge < -0.3 is 15.4 Å². The van der Waals surface area contributed by atoms with E-state index >= 15 is 0 Å². The van der Waals surface area contributed by atoms with Crippen molar-refractivity contribution in [2.75, 3.05) is 6.54 Å². The Morgan fingerprint density at radius 3 is 2.88 bits per heavy atom. The molecule has 1 rings (SSSR count). The Morgan fingerprint density at radius 2 is 2.31 bits per heavy atom. The molecule has 0 saturated heterocycles. The molecule has 0 aromatic carbocycles. The zero-order valence-corrected chi connectivity index (χ0v) is 9.41. The van der Waals surface area contributed by atoms with Crippen LogP contribution >= 0.6 is 0 Å². The second-order valence-electron chi connectivity index (χ2n) is 3.76. The molecule has 0 aliphatic heterocycles. The molecule has 1 aromatic rings. The number of carbonyl (C=O) groups excluding carboxylic acids is 1. The summed E-state index contributed by atoms with van der Waals surface area (Å²) in [7, 11) is 0. The summed E-state index contributed by atoms with van der Waals surface area (Å²) < 4.78 is 0. The van der Waals surface area contributed by atoms with Gasteiger partial charge in [-0.2, -0.15) is 0 Å². The van der Waals surface area contributed by atoms with E-state index in [1.54, 1.807) is 19.9 Å². The van der Waals surface area contributed by atoms with Crippen molar-refractivity contribution in [3.8, 4) is 0 Å². The third-order valence-corrected chi connectivity index (χ3v) is 2.24. The molecule has 1 aromatic heterocycles. The molecule has 0 saturated carbocycles. The summed E-state index contributed by atoms with van der Waals surface area (Å²) in [4.78, 5) is 25.5. The van der Waals surface area contributed by atoms with Crippen LogP contribution in [0.4, 0.5) is 0 Å². The molecule has 1 amide bonds. The number of aryl methyl sites for hydroxylation is 1. The second kappa shape index (κ2) is 5.46. The molecule has 0 radical (unpaired) electrons. The fourth-order valence-corrected chi connectivity index (χ4v) is 1.34. The van der Waals surface area contributed by atoms with Crippen LogP contribution in [0.15, 0.2) is 17.1 Å². The first-order valence-electron chi connectivity index (χ1n) is 5.17. The molecule has 0 bridgehead atoms. The number of amides is 1. The average molecular weight is 224 g/mol. The molecule has 1 heterocycles. The summed E-state index contributed by atoms with van der Waals surface area (Å²) in [5.74, 6) is -0.403. The molecule has 5 heteroatoms. The van der Waals surface area contributed by atoms with Gasteiger partial charge in [-0.05, 0) is 31.9 Å². The van der Waals surface area contributed by atoms with E-state index in [0.717, 1.165) is 0 Å². The Labute approximate surface area is 93.5 Å². The van der Waals surface area contributed by atoms with Crippen LogP contribution in [0, 0.1) is 6.92 Å². The molecule has 0 aliphatic carbocycles. The molecule has 0 fully saturated rings. The number of aliphatic hydroxyl groups excluding tert-OH is 1. The van der Waals surface area contributed by atoms with E-state index in [4.69, 9.17) is 5.11 Å². The molecule has 16 heavy (non-hydrogen) atoms. The van der Waals surface area contributed by atoms with Gasteiger partial charge in [0.2, 0.25) is 0 Å². The van der Waals surface area contributed by atoms with Gasteiger partial charge in [0.05, 0.1) is 6.10 Å². The summed E-state index contributed by atoms with van der Waals surface area (Å²) in [6.07, 6.45) is 1.51. The van der Waals surface area contributed by atoms with Crippen LogP contribution in [-0.2, 0) is 0 Å². The van der Waals surface area contributed by atoms with Gasteiger partial charge in [-0.15, -0.1) is 0 Å². The first-order chi connectivity index (χ1) is 7.52. The number of pyridine rings is 1. The molecule has 88 valence electrons. The standard InChI is InChI=1S/C11H16N2O3/c1-7-3-5-12-10(15)9(7)11(16)13-6-4-8(2)14/h3,5,8,14H,4,6H2,1-2H3,(H,12,15)(H,13,16). The minimum atomic E-state index is -0.463. The Bertz CT molecular complexity index is 423. The fourth-order valence-electron chi connectivity index (χ4n) is 1.34. The molecule has 0 aliphatic rings. The van der Waals surface area contributed by atoms with E-state index in [1.807, 2.05) is 0 Å². The molecule has 5 nitrogen and oxygen atoms in total. The lowest BCUT2D eigenvalue weighted by Gasteiger charge is -2.07. The van der Waals surface area contributed by atoms with E-state index in [1.165, 1.54) is 6.20 Å². The highest BCUT2D eigenvalue weighted by atomic mass is 16.3. The average Bonchev–Trinajstić information content (AvgIpc) is 2.16. The minimum Gasteiger partial charge on any atom is -0.393 e. The number of H-pyrrole nitrogens is 1. The lowest BCUT2D eigenvalue weighted by Crippen LogP contribution is -2.32. The van der Waals surface area contributed by atoms with Crippen molar-refractivity contribution in [1.29, 1.82) is 0 Å². The quantitative estimate of drug-likeness (QED) is 0.682. The molecular formula is C11H16N2O3. The topological polar surface area (TPSA) is 82.2 Å². The molecular weight excluding hydrogens is 208 g/mol. The first-order valence-corrected chi connectivity index (χ1v) is 5.17. The van der Waals surface area contributed by atoms with Crippen LogP contribution in [0.25, 0.3) is 0 Å². The molecule has 3 N–H and O–H groups in total. The smallest absolute Gasteiger partial charge is 0.261 e. The van der Waals surface area contributed by atoms with Crippen molar-refractivity contribution in [2.24, 2.45) is 0 Å². The van der Waals surface area contributed by atoms with Crippen molar-refractivity contribution >= 4 is 5.91 Å². The van der Waals surface area contributed by atoms with Crippen LogP contribution in [0.2, 0.25) is 0 Å². The molecule has 1 atom stereocenters. The number of aromatic nitrogens is 1. The van der Waals surface area contributed by atoms with Crippen molar-refractivity contribution in [1.82, 2.24) is 10.3 Å². The highest BCUT2D eigenvalue weighted by Crippen LogP contribution is 1.99. The number of aliphatic hydroxyl groups is 1. The van der Waals surface area contributed by atoms with Crippen LogP contribution in [0.1, 0.15) is 29.3 Å². The van der Waals surface area contributed by atoms with Gasteiger partial charge in [0.25, 0.3) is 11.5 Å². The maximum Gasteiger partial charge on any atom is 0.261 e. The van der Waals surface area contributed by atoms with Gasteiger partial charge in [0, 0.05) is 12.7 Å². The van der Waals surface area contributed by atoms with E-state index in [9.17, 15) is 9.59 Å². The minimum absolute atomic E-state index is 0.132. The summed E-state index contributed by atoms with van der Waals surface area (Å²) >= 11 is 0. The number of hydrogen-bond acceptors (Lipinski definition) is 3. The molecule has 1 unspecified atom stereocenters. The van der Waals surface area contributed by atoms with Crippen molar-refractivity contribution < 1.29 is 9.90 Å². The largest absolute Gasteiger partial charge is 0.393 e. The monoisotopic (exact) mass is 224 g/mol.